The summed E-state index contributed by atoms with van der Waals surface area (Å²) in [6, 6.07) is 7.64. The number of anilines is 3. The van der Waals surface area contributed by atoms with Crippen LogP contribution in [0.2, 0.25) is 0 Å². The Hall–Kier alpha value is -2.61. The van der Waals surface area contributed by atoms with E-state index in [0.29, 0.717) is 17.5 Å². The van der Waals surface area contributed by atoms with E-state index in [-0.39, 0.29) is 0 Å². The Kier molecular flexibility index (Phi) is 6.18. The van der Waals surface area contributed by atoms with Crippen LogP contribution in [0.25, 0.3) is 6.08 Å². The smallest absolute Gasteiger partial charge is 0.255 e. The van der Waals surface area contributed by atoms with Crippen molar-refractivity contribution in [2.45, 2.75) is 26.2 Å². The molecular formula is C20H27N5O2S. The lowest BCUT2D eigenvalue weighted by molar-refractivity contribution is 0.568. The summed E-state index contributed by atoms with van der Waals surface area (Å²) in [5, 5.41) is 1.16. The van der Waals surface area contributed by atoms with Crippen LogP contribution in [0.15, 0.2) is 35.9 Å². The van der Waals surface area contributed by atoms with Crippen molar-refractivity contribution in [3.05, 3.63) is 47.0 Å². The van der Waals surface area contributed by atoms with Gasteiger partial charge in [-0.15, -0.1) is 0 Å². The Morgan fingerprint density at radius 2 is 1.79 bits per heavy atom. The monoisotopic (exact) mass is 401 g/mol. The molecule has 28 heavy (non-hydrogen) atoms. The zero-order chi connectivity index (χ0) is 20.1. The van der Waals surface area contributed by atoms with Crippen molar-refractivity contribution in [2.24, 2.45) is 0 Å². The number of rotatable bonds is 6. The Labute approximate surface area is 167 Å². The number of sulfonamides is 1. The topological polar surface area (TPSA) is 78.4 Å². The molecule has 0 unspecified atom stereocenters. The minimum absolute atomic E-state index is 0.360. The lowest BCUT2D eigenvalue weighted by Crippen LogP contribution is -2.31. The summed E-state index contributed by atoms with van der Waals surface area (Å²) < 4.78 is 27.6. The zero-order valence-corrected chi connectivity index (χ0v) is 17.4. The molecule has 0 atom stereocenters. The van der Waals surface area contributed by atoms with E-state index >= 15 is 0 Å². The van der Waals surface area contributed by atoms with Crippen LogP contribution in [-0.4, -0.2) is 45.6 Å². The highest BCUT2D eigenvalue weighted by molar-refractivity contribution is 7.95. The van der Waals surface area contributed by atoms with Gasteiger partial charge in [-0.25, -0.2) is 13.4 Å². The molecule has 3 rings (SSSR count). The van der Waals surface area contributed by atoms with Crippen LogP contribution in [0.5, 0.6) is 0 Å². The average Bonchev–Trinajstić information content (AvgIpc) is 2.68. The minimum atomic E-state index is -3.69. The van der Waals surface area contributed by atoms with E-state index in [2.05, 4.69) is 19.6 Å². The van der Waals surface area contributed by atoms with E-state index in [9.17, 15) is 8.42 Å². The fraction of sp³-hybridized carbons (Fsp3) is 0.400. The third-order valence-electron chi connectivity index (χ3n) is 4.59. The third-order valence-corrected chi connectivity index (χ3v) is 5.59. The van der Waals surface area contributed by atoms with Gasteiger partial charge in [-0.3, -0.25) is 4.72 Å². The maximum absolute atomic E-state index is 12.5. The summed E-state index contributed by atoms with van der Waals surface area (Å²) in [5.41, 5.74) is 2.31. The average molecular weight is 402 g/mol. The van der Waals surface area contributed by atoms with Gasteiger partial charge in [0.15, 0.2) is 5.82 Å². The van der Waals surface area contributed by atoms with Gasteiger partial charge >= 0.3 is 0 Å². The predicted molar refractivity (Wildman–Crippen MR) is 115 cm³/mol. The Morgan fingerprint density at radius 1 is 1.11 bits per heavy atom. The van der Waals surface area contributed by atoms with Gasteiger partial charge in [-0.1, -0.05) is 29.8 Å². The number of piperidine rings is 1. The summed E-state index contributed by atoms with van der Waals surface area (Å²) in [5.74, 6) is 1.18. The van der Waals surface area contributed by atoms with Gasteiger partial charge in [0.1, 0.15) is 5.69 Å². The highest BCUT2D eigenvalue weighted by Gasteiger charge is 2.18. The molecule has 0 spiro atoms. The van der Waals surface area contributed by atoms with Crippen molar-refractivity contribution in [1.82, 2.24) is 9.97 Å². The predicted octanol–water partition coefficient (Wildman–Crippen LogP) is 3.25. The molecule has 0 bridgehead atoms. The SMILES string of the molecule is Cc1ccc(/C=C/S(=O)(=O)Nc2cnc(N3CCCCC3)nc2N(C)C)cc1. The largest absolute Gasteiger partial charge is 0.361 e. The Bertz CT molecular complexity index is 934. The van der Waals surface area contributed by atoms with E-state index in [1.54, 1.807) is 17.2 Å². The number of benzene rings is 1. The second-order valence-corrected chi connectivity index (χ2v) is 8.78. The standard InChI is InChI=1S/C20H27N5O2S/c1-16-7-9-17(10-8-16)11-14-28(26,27)23-18-15-21-20(22-19(18)24(2)3)25-12-5-4-6-13-25/h7-11,14-15,23H,4-6,12-13H2,1-3H3/b14-11+. The number of aryl methyl sites for hydroxylation is 1. The molecule has 0 saturated carbocycles. The van der Waals surface area contributed by atoms with Gasteiger partial charge in [-0.2, -0.15) is 4.98 Å². The quantitative estimate of drug-likeness (QED) is 0.800. The molecule has 0 amide bonds. The molecule has 2 heterocycles. The first-order valence-corrected chi connectivity index (χ1v) is 11.0. The second-order valence-electron chi connectivity index (χ2n) is 7.21. The Morgan fingerprint density at radius 3 is 2.43 bits per heavy atom. The van der Waals surface area contributed by atoms with Crippen LogP contribution in [0.3, 0.4) is 0 Å². The van der Waals surface area contributed by atoms with Gasteiger partial charge in [0.05, 0.1) is 11.6 Å². The van der Waals surface area contributed by atoms with Gasteiger partial charge in [0, 0.05) is 27.2 Å². The molecule has 1 aliphatic rings. The highest BCUT2D eigenvalue weighted by Crippen LogP contribution is 2.26. The summed E-state index contributed by atoms with van der Waals surface area (Å²) in [7, 11) is -0.0164. The normalized spacial score (nSPS) is 15.0. The van der Waals surface area contributed by atoms with E-state index in [0.717, 1.165) is 42.5 Å². The van der Waals surface area contributed by atoms with Gasteiger partial charge in [0.2, 0.25) is 5.95 Å². The number of aromatic nitrogens is 2. The maximum Gasteiger partial charge on any atom is 0.255 e. The van der Waals surface area contributed by atoms with Crippen molar-refractivity contribution in [3.8, 4) is 0 Å². The fourth-order valence-electron chi connectivity index (χ4n) is 3.06. The number of nitrogens with one attached hydrogen (secondary N) is 1. The molecule has 8 heteroatoms. The molecule has 1 N–H and O–H groups in total. The van der Waals surface area contributed by atoms with Crippen molar-refractivity contribution < 1.29 is 8.42 Å². The summed E-state index contributed by atoms with van der Waals surface area (Å²) in [4.78, 5) is 12.9. The minimum Gasteiger partial charge on any atom is -0.361 e. The van der Waals surface area contributed by atoms with Crippen molar-refractivity contribution in [3.63, 3.8) is 0 Å². The van der Waals surface area contributed by atoms with Gasteiger partial charge < -0.3 is 9.80 Å². The third kappa shape index (κ3) is 5.22. The van der Waals surface area contributed by atoms with Crippen LogP contribution in [-0.2, 0) is 10.0 Å². The molecule has 150 valence electrons. The van der Waals surface area contributed by atoms with E-state index in [1.807, 2.05) is 45.3 Å². The number of hydrogen-bond donors (Lipinski definition) is 1. The lowest BCUT2D eigenvalue weighted by atomic mass is 10.1. The zero-order valence-electron chi connectivity index (χ0n) is 16.6. The first kappa shape index (κ1) is 20.1. The lowest BCUT2D eigenvalue weighted by Gasteiger charge is -2.28. The Balaban J connectivity index is 1.80. The van der Waals surface area contributed by atoms with Crippen LogP contribution in [0.1, 0.15) is 30.4 Å². The van der Waals surface area contributed by atoms with Crippen molar-refractivity contribution >= 4 is 33.6 Å². The van der Waals surface area contributed by atoms with Crippen LogP contribution in [0, 0.1) is 6.92 Å². The molecule has 1 aromatic heterocycles. The summed E-state index contributed by atoms with van der Waals surface area (Å²) in [6.45, 7) is 3.84. The molecule has 1 fully saturated rings. The van der Waals surface area contributed by atoms with E-state index in [1.165, 1.54) is 6.42 Å². The molecule has 0 aliphatic carbocycles. The fourth-order valence-corrected chi connectivity index (χ4v) is 3.91. The second kappa shape index (κ2) is 8.60. The molecule has 1 aromatic carbocycles. The molecule has 2 aromatic rings. The molecule has 1 saturated heterocycles. The van der Waals surface area contributed by atoms with Crippen LogP contribution < -0.4 is 14.5 Å². The molecule has 1 aliphatic heterocycles. The van der Waals surface area contributed by atoms with E-state index < -0.39 is 10.0 Å². The summed E-state index contributed by atoms with van der Waals surface area (Å²) >= 11 is 0. The van der Waals surface area contributed by atoms with Crippen molar-refractivity contribution in [2.75, 3.05) is 41.7 Å². The highest BCUT2D eigenvalue weighted by atomic mass is 32.2. The van der Waals surface area contributed by atoms with Gasteiger partial charge in [0.25, 0.3) is 10.0 Å². The molecule has 0 radical (unpaired) electrons. The summed E-state index contributed by atoms with van der Waals surface area (Å²) in [6.07, 6.45) is 6.59. The van der Waals surface area contributed by atoms with Crippen LogP contribution in [0.4, 0.5) is 17.5 Å². The first-order chi connectivity index (χ1) is 13.3. The van der Waals surface area contributed by atoms with E-state index in [4.69, 9.17) is 0 Å². The van der Waals surface area contributed by atoms with Gasteiger partial charge in [-0.05, 0) is 37.8 Å². The molecular weight excluding hydrogens is 374 g/mol. The molecule has 7 nitrogen and oxygen atoms in total. The number of hydrogen-bond acceptors (Lipinski definition) is 6. The van der Waals surface area contributed by atoms with Crippen LogP contribution >= 0.6 is 0 Å². The number of nitrogens with zero attached hydrogens (tertiary/aromatic N) is 4. The van der Waals surface area contributed by atoms with Crippen molar-refractivity contribution in [1.29, 1.82) is 0 Å². The first-order valence-electron chi connectivity index (χ1n) is 9.41. The maximum atomic E-state index is 12.5.